The van der Waals surface area contributed by atoms with E-state index >= 15 is 0 Å². The Morgan fingerprint density at radius 2 is 2.22 bits per heavy atom. The van der Waals surface area contributed by atoms with E-state index < -0.39 is 17.4 Å². The molecule has 0 aliphatic carbocycles. The third-order valence-corrected chi connectivity index (χ3v) is 4.12. The molecule has 0 spiro atoms. The number of piperidine rings is 1. The average molecular weight is 274 g/mol. The summed E-state index contributed by atoms with van der Waals surface area (Å²) in [5.74, 6) is -0.106. The molecule has 1 aliphatic rings. The van der Waals surface area contributed by atoms with Crippen molar-refractivity contribution in [3.63, 3.8) is 0 Å². The molecule has 2 atom stereocenters. The summed E-state index contributed by atoms with van der Waals surface area (Å²) in [6.45, 7) is 2.59. The third kappa shape index (κ3) is 3.62. The lowest BCUT2D eigenvalue weighted by Gasteiger charge is -2.38. The van der Waals surface area contributed by atoms with E-state index in [-0.39, 0.29) is 12.5 Å². The van der Waals surface area contributed by atoms with Gasteiger partial charge in [0.15, 0.2) is 0 Å². The lowest BCUT2D eigenvalue weighted by atomic mass is 9.82. The van der Waals surface area contributed by atoms with Crippen LogP contribution in [-0.2, 0) is 9.59 Å². The normalized spacial score (nSPS) is 25.8. The Labute approximate surface area is 112 Å². The van der Waals surface area contributed by atoms with E-state index in [1.54, 1.807) is 23.6 Å². The number of likely N-dealkylation sites (tertiary alicyclic amines) is 1. The predicted molar refractivity (Wildman–Crippen MR) is 72.5 cm³/mol. The number of carbonyl (C=O) groups excluding carboxylic acids is 1. The Morgan fingerprint density at radius 1 is 1.56 bits per heavy atom. The van der Waals surface area contributed by atoms with Crippen LogP contribution in [0.1, 0.15) is 26.2 Å². The van der Waals surface area contributed by atoms with Crippen LogP contribution in [-0.4, -0.2) is 53.0 Å². The van der Waals surface area contributed by atoms with E-state index in [9.17, 15) is 14.7 Å². The molecule has 104 valence electrons. The largest absolute Gasteiger partial charge is 0.481 e. The Balaban J connectivity index is 2.61. The van der Waals surface area contributed by atoms with Crippen molar-refractivity contribution in [1.29, 1.82) is 0 Å². The molecule has 1 heterocycles. The smallest absolute Gasteiger partial charge is 0.311 e. The van der Waals surface area contributed by atoms with Gasteiger partial charge in [-0.25, -0.2) is 0 Å². The van der Waals surface area contributed by atoms with Gasteiger partial charge in [-0.3, -0.25) is 9.59 Å². The minimum Gasteiger partial charge on any atom is -0.481 e. The molecule has 1 aliphatic heterocycles. The number of nitrogens with two attached hydrogens (primary N) is 1. The van der Waals surface area contributed by atoms with Crippen molar-refractivity contribution in [2.75, 3.05) is 25.1 Å². The lowest BCUT2D eigenvalue weighted by Crippen LogP contribution is -2.53. The number of nitrogens with zero attached hydrogens (tertiary/aromatic N) is 1. The standard InChI is InChI=1S/C12H22N2O3S/c1-12(11(16)17)5-3-6-14(8-12)10(15)9(13)4-7-18-2/h9H,3-8,13H2,1-2H3,(H,16,17)/t9-,12?/m0/s1. The van der Waals surface area contributed by atoms with Gasteiger partial charge in [-0.2, -0.15) is 11.8 Å². The van der Waals surface area contributed by atoms with Gasteiger partial charge in [0, 0.05) is 13.1 Å². The lowest BCUT2D eigenvalue weighted by molar-refractivity contribution is -0.153. The topological polar surface area (TPSA) is 83.6 Å². The number of hydrogen-bond donors (Lipinski definition) is 2. The van der Waals surface area contributed by atoms with Gasteiger partial charge in [-0.15, -0.1) is 0 Å². The Kier molecular flexibility index (Phi) is 5.47. The van der Waals surface area contributed by atoms with Crippen molar-refractivity contribution >= 4 is 23.6 Å². The third-order valence-electron chi connectivity index (χ3n) is 3.47. The summed E-state index contributed by atoms with van der Waals surface area (Å²) >= 11 is 1.65. The van der Waals surface area contributed by atoms with E-state index in [2.05, 4.69) is 0 Å². The molecule has 1 unspecified atom stereocenters. The van der Waals surface area contributed by atoms with Crippen LogP contribution in [0.2, 0.25) is 0 Å². The SMILES string of the molecule is CSCC[C@H](N)C(=O)N1CCCC(C)(C(=O)O)C1. The summed E-state index contributed by atoms with van der Waals surface area (Å²) in [7, 11) is 0. The van der Waals surface area contributed by atoms with Crippen molar-refractivity contribution in [3.05, 3.63) is 0 Å². The van der Waals surface area contributed by atoms with Gasteiger partial charge < -0.3 is 15.7 Å². The molecule has 0 saturated carbocycles. The van der Waals surface area contributed by atoms with Crippen molar-refractivity contribution in [2.45, 2.75) is 32.2 Å². The van der Waals surface area contributed by atoms with Crippen LogP contribution in [0.25, 0.3) is 0 Å². The number of carboxylic acid groups (broad SMARTS) is 1. The molecule has 3 N–H and O–H groups in total. The maximum Gasteiger partial charge on any atom is 0.311 e. The molecular formula is C12H22N2O3S. The molecule has 18 heavy (non-hydrogen) atoms. The van der Waals surface area contributed by atoms with Crippen LogP contribution in [0.4, 0.5) is 0 Å². The van der Waals surface area contributed by atoms with Crippen LogP contribution in [0.3, 0.4) is 0 Å². The van der Waals surface area contributed by atoms with Crippen LogP contribution in [0.5, 0.6) is 0 Å². The van der Waals surface area contributed by atoms with Crippen molar-refractivity contribution < 1.29 is 14.7 Å². The fraction of sp³-hybridized carbons (Fsp3) is 0.833. The molecule has 1 amide bonds. The molecule has 0 bridgehead atoms. The minimum absolute atomic E-state index is 0.115. The van der Waals surface area contributed by atoms with Crippen molar-refractivity contribution in [2.24, 2.45) is 11.1 Å². The monoisotopic (exact) mass is 274 g/mol. The van der Waals surface area contributed by atoms with Gasteiger partial charge in [0.2, 0.25) is 5.91 Å². The van der Waals surface area contributed by atoms with Gasteiger partial charge in [-0.05, 0) is 38.2 Å². The molecule has 1 fully saturated rings. The molecule has 6 heteroatoms. The first-order valence-electron chi connectivity index (χ1n) is 6.17. The summed E-state index contributed by atoms with van der Waals surface area (Å²) in [5, 5.41) is 9.20. The minimum atomic E-state index is -0.835. The summed E-state index contributed by atoms with van der Waals surface area (Å²) in [6.07, 6.45) is 3.95. The molecule has 0 aromatic rings. The van der Waals surface area contributed by atoms with Gasteiger partial charge in [-0.1, -0.05) is 0 Å². The van der Waals surface area contributed by atoms with E-state index in [0.717, 1.165) is 12.2 Å². The number of aliphatic carboxylic acids is 1. The number of carbonyl (C=O) groups is 2. The number of thioether (sulfide) groups is 1. The first-order chi connectivity index (χ1) is 8.40. The van der Waals surface area contributed by atoms with Crippen molar-refractivity contribution in [1.82, 2.24) is 4.90 Å². The Hall–Kier alpha value is -0.750. The predicted octanol–water partition coefficient (Wildman–Crippen LogP) is 0.780. The van der Waals surface area contributed by atoms with E-state index in [4.69, 9.17) is 5.73 Å². The van der Waals surface area contributed by atoms with Gasteiger partial charge in [0.1, 0.15) is 0 Å². The molecule has 1 rings (SSSR count). The maximum atomic E-state index is 12.1. The average Bonchev–Trinajstić information content (AvgIpc) is 2.34. The van der Waals surface area contributed by atoms with E-state index in [1.807, 2.05) is 6.26 Å². The summed E-state index contributed by atoms with van der Waals surface area (Å²) in [4.78, 5) is 24.9. The fourth-order valence-electron chi connectivity index (χ4n) is 2.20. The van der Waals surface area contributed by atoms with Gasteiger partial charge >= 0.3 is 5.97 Å². The van der Waals surface area contributed by atoms with Crippen LogP contribution in [0, 0.1) is 5.41 Å². The number of carboxylic acids is 1. The Bertz CT molecular complexity index is 324. The second kappa shape index (κ2) is 6.43. The number of hydrogen-bond acceptors (Lipinski definition) is 4. The van der Waals surface area contributed by atoms with Gasteiger partial charge in [0.25, 0.3) is 0 Å². The van der Waals surface area contributed by atoms with Crippen LogP contribution < -0.4 is 5.73 Å². The summed E-state index contributed by atoms with van der Waals surface area (Å²) < 4.78 is 0. The second-order valence-electron chi connectivity index (χ2n) is 5.12. The maximum absolute atomic E-state index is 12.1. The molecule has 0 aromatic heterocycles. The first kappa shape index (κ1) is 15.3. The number of amides is 1. The molecular weight excluding hydrogens is 252 g/mol. The van der Waals surface area contributed by atoms with Crippen molar-refractivity contribution in [3.8, 4) is 0 Å². The quantitative estimate of drug-likeness (QED) is 0.774. The highest BCUT2D eigenvalue weighted by Crippen LogP contribution is 2.30. The zero-order valence-corrected chi connectivity index (χ0v) is 11.8. The Morgan fingerprint density at radius 3 is 2.78 bits per heavy atom. The summed E-state index contributed by atoms with van der Waals surface area (Å²) in [6, 6.07) is -0.506. The number of rotatable bonds is 5. The zero-order valence-electron chi connectivity index (χ0n) is 11.0. The fourth-order valence-corrected chi connectivity index (χ4v) is 2.69. The van der Waals surface area contributed by atoms with Crippen LogP contribution >= 0.6 is 11.8 Å². The van der Waals surface area contributed by atoms with E-state index in [1.165, 1.54) is 0 Å². The molecule has 0 radical (unpaired) electrons. The van der Waals surface area contributed by atoms with E-state index in [0.29, 0.717) is 19.4 Å². The first-order valence-corrected chi connectivity index (χ1v) is 7.57. The van der Waals surface area contributed by atoms with Gasteiger partial charge in [0.05, 0.1) is 11.5 Å². The molecule has 0 aromatic carbocycles. The highest BCUT2D eigenvalue weighted by Gasteiger charge is 2.40. The van der Waals surface area contributed by atoms with Crippen LogP contribution in [0.15, 0.2) is 0 Å². The molecule has 1 saturated heterocycles. The second-order valence-corrected chi connectivity index (χ2v) is 6.10. The highest BCUT2D eigenvalue weighted by atomic mass is 32.2. The zero-order chi connectivity index (χ0) is 13.8. The highest BCUT2D eigenvalue weighted by molar-refractivity contribution is 7.98. The molecule has 5 nitrogen and oxygen atoms in total. The summed E-state index contributed by atoms with van der Waals surface area (Å²) in [5.41, 5.74) is 5.02.